The summed E-state index contributed by atoms with van der Waals surface area (Å²) in [5.74, 6) is 1.74. The van der Waals surface area contributed by atoms with Crippen LogP contribution in [-0.4, -0.2) is 38.3 Å². The maximum atomic E-state index is 12.5. The Morgan fingerprint density at radius 1 is 1.00 bits per heavy atom. The molecule has 1 amide bonds. The molecule has 2 heterocycles. The molecule has 0 saturated carbocycles. The third-order valence-electron chi connectivity index (χ3n) is 5.00. The molecule has 4 aromatic rings. The number of methoxy groups -OCH3 is 1. The van der Waals surface area contributed by atoms with Crippen LogP contribution < -0.4 is 10.1 Å². The Morgan fingerprint density at radius 2 is 1.69 bits per heavy atom. The van der Waals surface area contributed by atoms with Crippen LogP contribution in [0.2, 0.25) is 0 Å². The van der Waals surface area contributed by atoms with Gasteiger partial charge in [0.2, 0.25) is 11.1 Å². The highest BCUT2D eigenvalue weighted by atomic mass is 32.2. The molecule has 7 nitrogen and oxygen atoms in total. The number of ether oxygens (including phenoxy) is 1. The van der Waals surface area contributed by atoms with E-state index in [-0.39, 0.29) is 11.7 Å². The lowest BCUT2D eigenvalue weighted by Crippen LogP contribution is -2.16. The van der Waals surface area contributed by atoms with Crippen molar-refractivity contribution in [2.75, 3.05) is 18.2 Å². The predicted octanol–water partition coefficient (Wildman–Crippen LogP) is 4.28. The van der Waals surface area contributed by atoms with E-state index in [1.807, 2.05) is 82.4 Å². The third kappa shape index (κ3) is 5.20. The first-order valence-corrected chi connectivity index (χ1v) is 11.4. The van der Waals surface area contributed by atoms with E-state index < -0.39 is 0 Å². The van der Waals surface area contributed by atoms with Gasteiger partial charge in [-0.1, -0.05) is 43.0 Å². The number of carbonyl (C=O) groups excluding carboxylic acids is 1. The minimum Gasteiger partial charge on any atom is -0.497 e. The summed E-state index contributed by atoms with van der Waals surface area (Å²) in [5.41, 5.74) is 3.12. The van der Waals surface area contributed by atoms with E-state index in [1.54, 1.807) is 7.11 Å². The fourth-order valence-corrected chi connectivity index (χ4v) is 4.02. The number of aryl methyl sites for hydroxylation is 1. The van der Waals surface area contributed by atoms with Crippen molar-refractivity contribution in [2.45, 2.75) is 24.9 Å². The molecule has 0 atom stereocenters. The number of aromatic nitrogens is 4. The van der Waals surface area contributed by atoms with E-state index in [0.29, 0.717) is 11.6 Å². The number of nitrogens with one attached hydrogen (secondary N) is 1. The van der Waals surface area contributed by atoms with Gasteiger partial charge in [-0.05, 0) is 53.9 Å². The Bertz CT molecular complexity index is 1150. The van der Waals surface area contributed by atoms with Gasteiger partial charge < -0.3 is 10.1 Å². The maximum absolute atomic E-state index is 12.5. The Kier molecular flexibility index (Phi) is 6.91. The van der Waals surface area contributed by atoms with Gasteiger partial charge in [0.05, 0.1) is 12.9 Å². The van der Waals surface area contributed by atoms with Gasteiger partial charge in [0.15, 0.2) is 5.82 Å². The fourth-order valence-electron chi connectivity index (χ4n) is 3.26. The molecule has 0 unspecified atom stereocenters. The zero-order valence-corrected chi connectivity index (χ0v) is 18.9. The minimum atomic E-state index is -0.0852. The fraction of sp³-hybridized carbons (Fsp3) is 0.208. The molecule has 0 aliphatic rings. The van der Waals surface area contributed by atoms with Gasteiger partial charge in [0.1, 0.15) is 5.75 Å². The van der Waals surface area contributed by atoms with E-state index >= 15 is 0 Å². The van der Waals surface area contributed by atoms with Crippen LogP contribution in [0.1, 0.15) is 23.9 Å². The Hall–Kier alpha value is -3.52. The van der Waals surface area contributed by atoms with Crippen molar-refractivity contribution in [3.63, 3.8) is 0 Å². The van der Waals surface area contributed by atoms with Crippen LogP contribution in [0.3, 0.4) is 0 Å². The van der Waals surface area contributed by atoms with Crippen LogP contribution in [0.25, 0.3) is 0 Å². The van der Waals surface area contributed by atoms with Crippen LogP contribution in [0.15, 0.2) is 78.2 Å². The Morgan fingerprint density at radius 3 is 2.34 bits per heavy atom. The van der Waals surface area contributed by atoms with Gasteiger partial charge in [-0.3, -0.25) is 9.47 Å². The first-order chi connectivity index (χ1) is 15.7. The highest BCUT2D eigenvalue weighted by Crippen LogP contribution is 2.21. The summed E-state index contributed by atoms with van der Waals surface area (Å²) < 4.78 is 9.08. The zero-order valence-electron chi connectivity index (χ0n) is 18.1. The number of benzene rings is 2. The summed E-state index contributed by atoms with van der Waals surface area (Å²) in [6, 6.07) is 19.7. The molecule has 2 aromatic heterocycles. The van der Waals surface area contributed by atoms with Crippen LogP contribution in [0.5, 0.6) is 5.75 Å². The Labute approximate surface area is 191 Å². The lowest BCUT2D eigenvalue weighted by Gasteiger charge is -2.11. The first kappa shape index (κ1) is 21.7. The summed E-state index contributed by atoms with van der Waals surface area (Å²) >= 11 is 1.35. The summed E-state index contributed by atoms with van der Waals surface area (Å²) in [7, 11) is 1.65. The second-order valence-corrected chi connectivity index (χ2v) is 8.13. The number of hydrogen-bond acceptors (Lipinski definition) is 5. The maximum Gasteiger partial charge on any atom is 0.234 e. The van der Waals surface area contributed by atoms with Crippen molar-refractivity contribution in [1.29, 1.82) is 0 Å². The summed E-state index contributed by atoms with van der Waals surface area (Å²) in [4.78, 5) is 12.5. The van der Waals surface area contributed by atoms with Gasteiger partial charge in [0, 0.05) is 24.5 Å². The molecule has 4 rings (SSSR count). The normalized spacial score (nSPS) is 10.8. The molecule has 164 valence electrons. The van der Waals surface area contributed by atoms with E-state index in [4.69, 9.17) is 4.74 Å². The van der Waals surface area contributed by atoms with Crippen molar-refractivity contribution < 1.29 is 9.53 Å². The number of amides is 1. The lowest BCUT2D eigenvalue weighted by atomic mass is 10.1. The highest BCUT2D eigenvalue weighted by Gasteiger charge is 2.16. The second kappa shape index (κ2) is 10.2. The highest BCUT2D eigenvalue weighted by molar-refractivity contribution is 7.99. The van der Waals surface area contributed by atoms with E-state index in [9.17, 15) is 4.79 Å². The van der Waals surface area contributed by atoms with Crippen molar-refractivity contribution in [2.24, 2.45) is 0 Å². The standard InChI is InChI=1S/C24H25N5O2S/c1-3-18-6-10-20(11-7-18)25-23(30)17-32-24-27-26-22(29(24)28-14-4-5-15-28)16-19-8-12-21(31-2)13-9-19/h4-15H,3,16-17H2,1-2H3,(H,25,30). The zero-order chi connectivity index (χ0) is 22.3. The molecule has 8 heteroatoms. The molecule has 0 saturated heterocycles. The molecule has 0 spiro atoms. The molecule has 2 aromatic carbocycles. The molecular weight excluding hydrogens is 422 g/mol. The topological polar surface area (TPSA) is 74.0 Å². The number of anilines is 1. The smallest absolute Gasteiger partial charge is 0.234 e. The van der Waals surface area contributed by atoms with E-state index in [0.717, 1.165) is 29.2 Å². The molecule has 0 aliphatic carbocycles. The average molecular weight is 448 g/mol. The van der Waals surface area contributed by atoms with Crippen LogP contribution in [0.4, 0.5) is 5.69 Å². The lowest BCUT2D eigenvalue weighted by molar-refractivity contribution is -0.113. The molecule has 0 radical (unpaired) electrons. The molecular formula is C24H25N5O2S. The van der Waals surface area contributed by atoms with Gasteiger partial charge in [0.25, 0.3) is 0 Å². The second-order valence-electron chi connectivity index (χ2n) is 7.19. The van der Waals surface area contributed by atoms with Crippen molar-refractivity contribution in [1.82, 2.24) is 19.5 Å². The number of thioether (sulfide) groups is 1. The van der Waals surface area contributed by atoms with Crippen molar-refractivity contribution in [3.05, 3.63) is 90.0 Å². The molecule has 1 N–H and O–H groups in total. The van der Waals surface area contributed by atoms with Gasteiger partial charge in [-0.15, -0.1) is 10.2 Å². The van der Waals surface area contributed by atoms with Crippen molar-refractivity contribution >= 4 is 23.4 Å². The minimum absolute atomic E-state index is 0.0852. The van der Waals surface area contributed by atoms with E-state index in [2.05, 4.69) is 22.4 Å². The third-order valence-corrected chi connectivity index (χ3v) is 5.92. The van der Waals surface area contributed by atoms with Gasteiger partial charge in [-0.2, -0.15) is 0 Å². The Balaban J connectivity index is 1.47. The molecule has 32 heavy (non-hydrogen) atoms. The molecule has 0 bridgehead atoms. The average Bonchev–Trinajstić information content (AvgIpc) is 3.48. The van der Waals surface area contributed by atoms with Gasteiger partial charge >= 0.3 is 0 Å². The van der Waals surface area contributed by atoms with Gasteiger partial charge in [-0.25, -0.2) is 4.68 Å². The number of carbonyl (C=O) groups is 1. The molecule has 0 fully saturated rings. The summed E-state index contributed by atoms with van der Waals surface area (Å²) in [6.45, 7) is 2.11. The SMILES string of the molecule is CCc1ccc(NC(=O)CSc2nnc(Cc3ccc(OC)cc3)n2-n2cccc2)cc1. The number of nitrogens with zero attached hydrogens (tertiary/aromatic N) is 4. The van der Waals surface area contributed by atoms with Crippen LogP contribution in [-0.2, 0) is 17.6 Å². The van der Waals surface area contributed by atoms with Crippen LogP contribution in [0, 0.1) is 0 Å². The number of hydrogen-bond donors (Lipinski definition) is 1. The van der Waals surface area contributed by atoms with E-state index in [1.165, 1.54) is 17.3 Å². The first-order valence-electron chi connectivity index (χ1n) is 10.4. The predicted molar refractivity (Wildman–Crippen MR) is 126 cm³/mol. The quantitative estimate of drug-likeness (QED) is 0.388. The summed E-state index contributed by atoms with van der Waals surface area (Å²) in [6.07, 6.45) is 5.43. The summed E-state index contributed by atoms with van der Waals surface area (Å²) in [5, 5.41) is 12.3. The monoisotopic (exact) mass is 447 g/mol. The largest absolute Gasteiger partial charge is 0.497 e. The van der Waals surface area contributed by atoms with Crippen LogP contribution >= 0.6 is 11.8 Å². The molecule has 0 aliphatic heterocycles. The number of rotatable bonds is 9. The van der Waals surface area contributed by atoms with Crippen molar-refractivity contribution in [3.8, 4) is 5.75 Å².